The van der Waals surface area contributed by atoms with Gasteiger partial charge in [0.15, 0.2) is 0 Å². The number of aryl methyl sites for hydroxylation is 1. The maximum atomic E-state index is 12.3. The number of nitrogens with zero attached hydrogens (tertiary/aromatic N) is 4. The number of rotatable bonds is 3. The Hall–Kier alpha value is -2.28. The number of nitrogens with one attached hydrogen (secondary N) is 2. The van der Waals surface area contributed by atoms with Gasteiger partial charge >= 0.3 is 0 Å². The third-order valence-electron chi connectivity index (χ3n) is 3.74. The minimum Gasteiger partial charge on any atom is -0.326 e. The van der Waals surface area contributed by atoms with Gasteiger partial charge in [-0.3, -0.25) is 4.79 Å². The topological polar surface area (TPSA) is 84.7 Å². The van der Waals surface area contributed by atoms with Crippen LogP contribution in [0.1, 0.15) is 18.4 Å². The molecule has 21 heavy (non-hydrogen) atoms. The van der Waals surface area contributed by atoms with Crippen molar-refractivity contribution in [2.24, 2.45) is 5.92 Å². The summed E-state index contributed by atoms with van der Waals surface area (Å²) < 4.78 is 1.59. The molecule has 7 nitrogen and oxygen atoms in total. The van der Waals surface area contributed by atoms with E-state index in [0.717, 1.165) is 42.9 Å². The van der Waals surface area contributed by atoms with E-state index in [4.69, 9.17) is 0 Å². The minimum atomic E-state index is 0.0385. The van der Waals surface area contributed by atoms with Gasteiger partial charge in [-0.15, -0.1) is 5.10 Å². The molecule has 0 aliphatic carbocycles. The zero-order valence-electron chi connectivity index (χ0n) is 11.9. The van der Waals surface area contributed by atoms with E-state index in [9.17, 15) is 4.79 Å². The number of hydrogen-bond acceptors (Lipinski definition) is 5. The van der Waals surface area contributed by atoms with Crippen molar-refractivity contribution in [2.75, 3.05) is 18.4 Å². The number of hydrogen-bond donors (Lipinski definition) is 2. The van der Waals surface area contributed by atoms with Crippen LogP contribution in [0.2, 0.25) is 0 Å². The Balaban J connectivity index is 1.77. The molecule has 1 saturated heterocycles. The molecule has 1 aromatic heterocycles. The molecule has 0 saturated carbocycles. The molecule has 0 spiro atoms. The van der Waals surface area contributed by atoms with Gasteiger partial charge in [0.25, 0.3) is 0 Å². The second-order valence-corrected chi connectivity index (χ2v) is 5.29. The molecule has 1 atom stereocenters. The van der Waals surface area contributed by atoms with Gasteiger partial charge in [-0.05, 0) is 54.4 Å². The maximum absolute atomic E-state index is 12.3. The van der Waals surface area contributed by atoms with E-state index in [1.54, 1.807) is 11.0 Å². The van der Waals surface area contributed by atoms with Crippen LogP contribution in [0, 0.1) is 12.8 Å². The molecule has 2 aromatic rings. The quantitative estimate of drug-likeness (QED) is 0.876. The van der Waals surface area contributed by atoms with E-state index in [-0.39, 0.29) is 11.8 Å². The molecule has 1 aliphatic rings. The number of carbonyl (C=O) groups is 1. The lowest BCUT2D eigenvalue weighted by atomic mass is 9.99. The summed E-state index contributed by atoms with van der Waals surface area (Å²) in [6.45, 7) is 3.73. The monoisotopic (exact) mass is 286 g/mol. The summed E-state index contributed by atoms with van der Waals surface area (Å²) >= 11 is 0. The first-order valence-corrected chi connectivity index (χ1v) is 7.09. The number of amides is 1. The van der Waals surface area contributed by atoms with Crippen LogP contribution in [0.25, 0.3) is 5.69 Å². The van der Waals surface area contributed by atoms with Crippen LogP contribution in [0.4, 0.5) is 5.69 Å². The molecule has 1 aromatic carbocycles. The summed E-state index contributed by atoms with van der Waals surface area (Å²) in [4.78, 5) is 12.3. The highest BCUT2D eigenvalue weighted by Gasteiger charge is 2.21. The van der Waals surface area contributed by atoms with Gasteiger partial charge in [0.1, 0.15) is 6.33 Å². The van der Waals surface area contributed by atoms with Gasteiger partial charge in [-0.1, -0.05) is 6.07 Å². The molecule has 3 rings (SSSR count). The van der Waals surface area contributed by atoms with Crippen LogP contribution in [0.5, 0.6) is 0 Å². The first kappa shape index (κ1) is 13.7. The Morgan fingerprint density at radius 1 is 1.48 bits per heavy atom. The maximum Gasteiger partial charge on any atom is 0.228 e. The van der Waals surface area contributed by atoms with Gasteiger partial charge in [0.05, 0.1) is 11.6 Å². The van der Waals surface area contributed by atoms with Crippen molar-refractivity contribution < 1.29 is 4.79 Å². The molecule has 110 valence electrons. The fraction of sp³-hybridized carbons (Fsp3) is 0.429. The summed E-state index contributed by atoms with van der Waals surface area (Å²) in [5.41, 5.74) is 2.67. The predicted octanol–water partition coefficient (Wildman–Crippen LogP) is 0.909. The standard InChI is InChI=1S/C14H18N6O/c1-10-4-5-12(7-13(10)20-9-16-18-19-20)17-14(21)11-3-2-6-15-8-11/h4-5,7,9,11,15H,2-3,6,8H2,1H3,(H,17,21). The number of piperidine rings is 1. The molecule has 1 fully saturated rings. The van der Waals surface area contributed by atoms with E-state index in [1.165, 1.54) is 0 Å². The van der Waals surface area contributed by atoms with Crippen molar-refractivity contribution in [3.8, 4) is 5.69 Å². The van der Waals surface area contributed by atoms with Gasteiger partial charge in [-0.25, -0.2) is 4.68 Å². The molecular weight excluding hydrogens is 268 g/mol. The van der Waals surface area contributed by atoms with E-state index < -0.39 is 0 Å². The summed E-state index contributed by atoms with van der Waals surface area (Å²) in [7, 11) is 0. The fourth-order valence-electron chi connectivity index (χ4n) is 2.53. The van der Waals surface area contributed by atoms with Crippen molar-refractivity contribution in [3.05, 3.63) is 30.1 Å². The lowest BCUT2D eigenvalue weighted by Crippen LogP contribution is -2.37. The van der Waals surface area contributed by atoms with Crippen LogP contribution in [0.15, 0.2) is 24.5 Å². The largest absolute Gasteiger partial charge is 0.326 e. The first-order valence-electron chi connectivity index (χ1n) is 7.09. The Kier molecular flexibility index (Phi) is 3.92. The smallest absolute Gasteiger partial charge is 0.228 e. The van der Waals surface area contributed by atoms with Crippen molar-refractivity contribution >= 4 is 11.6 Å². The van der Waals surface area contributed by atoms with Gasteiger partial charge in [0.2, 0.25) is 5.91 Å². The number of anilines is 1. The van der Waals surface area contributed by atoms with E-state index in [1.807, 2.05) is 25.1 Å². The molecule has 2 N–H and O–H groups in total. The van der Waals surface area contributed by atoms with Crippen molar-refractivity contribution in [1.82, 2.24) is 25.5 Å². The zero-order valence-corrected chi connectivity index (χ0v) is 11.9. The van der Waals surface area contributed by atoms with E-state index in [0.29, 0.717) is 0 Å². The first-order chi connectivity index (χ1) is 10.2. The number of tetrazole rings is 1. The summed E-state index contributed by atoms with van der Waals surface area (Å²) in [6.07, 6.45) is 3.52. The lowest BCUT2D eigenvalue weighted by molar-refractivity contribution is -0.120. The highest BCUT2D eigenvalue weighted by atomic mass is 16.1. The highest BCUT2D eigenvalue weighted by Crippen LogP contribution is 2.20. The molecule has 1 amide bonds. The average molecular weight is 286 g/mol. The Morgan fingerprint density at radius 2 is 2.38 bits per heavy atom. The van der Waals surface area contributed by atoms with Crippen LogP contribution >= 0.6 is 0 Å². The van der Waals surface area contributed by atoms with Gasteiger partial charge in [-0.2, -0.15) is 0 Å². The molecule has 7 heteroatoms. The average Bonchev–Trinajstić information content (AvgIpc) is 3.04. The van der Waals surface area contributed by atoms with Crippen LogP contribution in [0.3, 0.4) is 0 Å². The van der Waals surface area contributed by atoms with Crippen molar-refractivity contribution in [3.63, 3.8) is 0 Å². The molecule has 1 aliphatic heterocycles. The third-order valence-corrected chi connectivity index (χ3v) is 3.74. The normalized spacial score (nSPS) is 18.4. The predicted molar refractivity (Wildman–Crippen MR) is 78.1 cm³/mol. The molecule has 2 heterocycles. The summed E-state index contributed by atoms with van der Waals surface area (Å²) in [6, 6.07) is 5.74. The summed E-state index contributed by atoms with van der Waals surface area (Å²) in [5, 5.41) is 17.4. The van der Waals surface area contributed by atoms with Crippen LogP contribution in [-0.2, 0) is 4.79 Å². The van der Waals surface area contributed by atoms with Crippen molar-refractivity contribution in [2.45, 2.75) is 19.8 Å². The van der Waals surface area contributed by atoms with E-state index >= 15 is 0 Å². The Morgan fingerprint density at radius 3 is 3.10 bits per heavy atom. The molecule has 1 unspecified atom stereocenters. The fourth-order valence-corrected chi connectivity index (χ4v) is 2.53. The SMILES string of the molecule is Cc1ccc(NC(=O)C2CCCNC2)cc1-n1cnnn1. The Bertz CT molecular complexity index is 618. The van der Waals surface area contributed by atoms with E-state index in [2.05, 4.69) is 26.2 Å². The van der Waals surface area contributed by atoms with Crippen molar-refractivity contribution in [1.29, 1.82) is 0 Å². The van der Waals surface area contributed by atoms with Gasteiger partial charge < -0.3 is 10.6 Å². The highest BCUT2D eigenvalue weighted by molar-refractivity contribution is 5.93. The Labute approximate surface area is 122 Å². The summed E-state index contributed by atoms with van der Waals surface area (Å²) in [5.74, 6) is 0.102. The van der Waals surface area contributed by atoms with Crippen LogP contribution < -0.4 is 10.6 Å². The lowest BCUT2D eigenvalue weighted by Gasteiger charge is -2.22. The molecule has 0 bridgehead atoms. The number of carbonyl (C=O) groups excluding carboxylic acids is 1. The van der Waals surface area contributed by atoms with Gasteiger partial charge in [0, 0.05) is 12.2 Å². The zero-order chi connectivity index (χ0) is 14.7. The van der Waals surface area contributed by atoms with Crippen LogP contribution in [-0.4, -0.2) is 39.2 Å². The molecular formula is C14H18N6O. The third kappa shape index (κ3) is 3.08. The second-order valence-electron chi connectivity index (χ2n) is 5.29. The minimum absolute atomic E-state index is 0.0385. The number of benzene rings is 1. The molecule has 0 radical (unpaired) electrons. The number of aromatic nitrogens is 4. The second kappa shape index (κ2) is 6.01.